The molecular weight excluding hydrogens is 373 g/mol. The van der Waals surface area contributed by atoms with Crippen molar-refractivity contribution in [2.24, 2.45) is 0 Å². The molecule has 8 heteroatoms. The Balaban J connectivity index is 2.08. The second-order valence-corrected chi connectivity index (χ2v) is 7.18. The van der Waals surface area contributed by atoms with Gasteiger partial charge in [-0.2, -0.15) is 0 Å². The molecule has 0 aliphatic carbocycles. The second kappa shape index (κ2) is 9.27. The summed E-state index contributed by atoms with van der Waals surface area (Å²) in [5.41, 5.74) is -0.132. The summed E-state index contributed by atoms with van der Waals surface area (Å²) in [5.74, 6) is -0.273. The van der Waals surface area contributed by atoms with E-state index in [-0.39, 0.29) is 19.1 Å². The number of carbonyl (C=O) groups excluding carboxylic acids is 1. The zero-order valence-electron chi connectivity index (χ0n) is 13.4. The van der Waals surface area contributed by atoms with E-state index in [0.717, 1.165) is 4.90 Å². The van der Waals surface area contributed by atoms with Crippen molar-refractivity contribution in [3.05, 3.63) is 27.7 Å². The minimum Gasteiger partial charge on any atom is -0.394 e. The van der Waals surface area contributed by atoms with Crippen LogP contribution >= 0.6 is 35.0 Å². The van der Waals surface area contributed by atoms with E-state index in [9.17, 15) is 4.79 Å². The molecule has 5 nitrogen and oxygen atoms in total. The number of amides is 1. The van der Waals surface area contributed by atoms with E-state index in [2.05, 4.69) is 5.32 Å². The van der Waals surface area contributed by atoms with Crippen LogP contribution in [0, 0.1) is 0 Å². The average molecular weight is 394 g/mol. The lowest BCUT2D eigenvalue weighted by Crippen LogP contribution is -2.49. The summed E-state index contributed by atoms with van der Waals surface area (Å²) >= 11 is 13.7. The maximum absolute atomic E-state index is 12.5. The van der Waals surface area contributed by atoms with Gasteiger partial charge in [0.2, 0.25) is 0 Å². The van der Waals surface area contributed by atoms with E-state index in [1.807, 2.05) is 6.26 Å². The fraction of sp³-hybridized carbons (Fsp3) is 0.562. The summed E-state index contributed by atoms with van der Waals surface area (Å²) in [6, 6.07) is 3.27. The van der Waals surface area contributed by atoms with Gasteiger partial charge in [-0.3, -0.25) is 4.79 Å². The molecule has 0 bridgehead atoms. The predicted molar refractivity (Wildman–Crippen MR) is 96.4 cm³/mol. The fourth-order valence-electron chi connectivity index (χ4n) is 2.57. The molecule has 2 rings (SSSR count). The Bertz CT molecular complexity index is 579. The molecule has 24 heavy (non-hydrogen) atoms. The second-order valence-electron chi connectivity index (χ2n) is 5.52. The standard InChI is InChI=1S/C16H21Cl2NO4S/c1-24-14-8-11(12(17)9-13(14)18)15(21)19-10-16(23-7-4-20)2-5-22-6-3-16/h8-9,20H,2-7,10H2,1H3,(H,19,21). The van der Waals surface area contributed by atoms with E-state index < -0.39 is 5.60 Å². The zero-order chi connectivity index (χ0) is 17.6. The summed E-state index contributed by atoms with van der Waals surface area (Å²) in [5, 5.41) is 12.7. The lowest BCUT2D eigenvalue weighted by molar-refractivity contribution is -0.114. The summed E-state index contributed by atoms with van der Waals surface area (Å²) in [6.07, 6.45) is 3.21. The molecule has 2 N–H and O–H groups in total. The van der Waals surface area contributed by atoms with Crippen LogP contribution in [0.4, 0.5) is 0 Å². The predicted octanol–water partition coefficient (Wildman–Crippen LogP) is 3.00. The van der Waals surface area contributed by atoms with Gasteiger partial charge < -0.3 is 19.9 Å². The highest BCUT2D eigenvalue weighted by atomic mass is 35.5. The van der Waals surface area contributed by atoms with Gasteiger partial charge >= 0.3 is 0 Å². The molecule has 0 atom stereocenters. The zero-order valence-corrected chi connectivity index (χ0v) is 15.8. The maximum atomic E-state index is 12.5. The summed E-state index contributed by atoms with van der Waals surface area (Å²) in [7, 11) is 0. The van der Waals surface area contributed by atoms with Crippen LogP contribution in [-0.2, 0) is 9.47 Å². The third-order valence-corrected chi connectivity index (χ3v) is 5.48. The van der Waals surface area contributed by atoms with Crippen molar-refractivity contribution < 1.29 is 19.4 Å². The SMILES string of the molecule is CSc1cc(C(=O)NCC2(OCCO)CCOCC2)c(Cl)cc1Cl. The number of carbonyl (C=O) groups is 1. The van der Waals surface area contributed by atoms with Crippen LogP contribution < -0.4 is 5.32 Å². The smallest absolute Gasteiger partial charge is 0.252 e. The molecule has 1 aliphatic rings. The number of benzene rings is 1. The molecule has 1 aromatic carbocycles. The van der Waals surface area contributed by atoms with Crippen molar-refractivity contribution in [2.75, 3.05) is 39.2 Å². The van der Waals surface area contributed by atoms with Gasteiger partial charge in [-0.05, 0) is 18.4 Å². The van der Waals surface area contributed by atoms with E-state index >= 15 is 0 Å². The van der Waals surface area contributed by atoms with Crippen LogP contribution in [-0.4, -0.2) is 55.8 Å². The quantitative estimate of drug-likeness (QED) is 0.696. The normalized spacial score (nSPS) is 16.8. The first-order valence-electron chi connectivity index (χ1n) is 7.65. The van der Waals surface area contributed by atoms with E-state index in [0.29, 0.717) is 48.2 Å². The molecule has 0 aromatic heterocycles. The Morgan fingerprint density at radius 2 is 2.08 bits per heavy atom. The van der Waals surface area contributed by atoms with Gasteiger partial charge in [-0.25, -0.2) is 0 Å². The van der Waals surface area contributed by atoms with Crippen molar-refractivity contribution in [2.45, 2.75) is 23.3 Å². The molecular formula is C16H21Cl2NO4S. The molecule has 134 valence electrons. The van der Waals surface area contributed by atoms with E-state index in [4.69, 9.17) is 37.8 Å². The summed E-state index contributed by atoms with van der Waals surface area (Å²) in [6.45, 7) is 1.65. The van der Waals surface area contributed by atoms with E-state index in [1.165, 1.54) is 11.8 Å². The number of aliphatic hydroxyl groups excluding tert-OH is 1. The van der Waals surface area contributed by atoms with Crippen molar-refractivity contribution in [1.29, 1.82) is 0 Å². The first kappa shape index (κ1) is 19.8. The molecule has 0 saturated carbocycles. The molecule has 1 heterocycles. The average Bonchev–Trinajstić information content (AvgIpc) is 2.59. The summed E-state index contributed by atoms with van der Waals surface area (Å²) in [4.78, 5) is 13.3. The van der Waals surface area contributed by atoms with Gasteiger partial charge in [-0.15, -0.1) is 11.8 Å². The van der Waals surface area contributed by atoms with Gasteiger partial charge in [-0.1, -0.05) is 23.2 Å². The van der Waals surface area contributed by atoms with Crippen molar-refractivity contribution in [3.63, 3.8) is 0 Å². The molecule has 0 spiro atoms. The fourth-order valence-corrected chi connectivity index (χ4v) is 3.76. The van der Waals surface area contributed by atoms with Crippen molar-refractivity contribution >= 4 is 40.9 Å². The Hall–Kier alpha value is -0.500. The topological polar surface area (TPSA) is 67.8 Å². The number of rotatable bonds is 7. The van der Waals surface area contributed by atoms with Gasteiger partial charge in [0.25, 0.3) is 5.91 Å². The number of aliphatic hydroxyl groups is 1. The van der Waals surface area contributed by atoms with Crippen LogP contribution in [0.2, 0.25) is 10.0 Å². The molecule has 1 fully saturated rings. The Labute approximate surface area is 156 Å². The molecule has 1 amide bonds. The van der Waals surface area contributed by atoms with Gasteiger partial charge in [0, 0.05) is 37.5 Å². The number of hydrogen-bond acceptors (Lipinski definition) is 5. The highest BCUT2D eigenvalue weighted by molar-refractivity contribution is 7.98. The first-order valence-corrected chi connectivity index (χ1v) is 9.63. The van der Waals surface area contributed by atoms with Crippen LogP contribution in [0.5, 0.6) is 0 Å². The Morgan fingerprint density at radius 1 is 1.38 bits per heavy atom. The Morgan fingerprint density at radius 3 is 2.71 bits per heavy atom. The Kier molecular flexibility index (Phi) is 7.65. The van der Waals surface area contributed by atoms with Crippen LogP contribution in [0.15, 0.2) is 17.0 Å². The van der Waals surface area contributed by atoms with E-state index in [1.54, 1.807) is 12.1 Å². The largest absolute Gasteiger partial charge is 0.394 e. The maximum Gasteiger partial charge on any atom is 0.252 e. The highest BCUT2D eigenvalue weighted by Crippen LogP contribution is 2.31. The van der Waals surface area contributed by atoms with Crippen molar-refractivity contribution in [3.8, 4) is 0 Å². The molecule has 1 aromatic rings. The first-order chi connectivity index (χ1) is 11.5. The molecule has 0 radical (unpaired) electrons. The third kappa shape index (κ3) is 5.00. The monoisotopic (exact) mass is 393 g/mol. The van der Waals surface area contributed by atoms with Crippen LogP contribution in [0.1, 0.15) is 23.2 Å². The third-order valence-electron chi connectivity index (χ3n) is 3.96. The van der Waals surface area contributed by atoms with Crippen LogP contribution in [0.3, 0.4) is 0 Å². The molecule has 1 aliphatic heterocycles. The lowest BCUT2D eigenvalue weighted by Gasteiger charge is -2.37. The lowest BCUT2D eigenvalue weighted by atomic mass is 9.93. The molecule has 0 unspecified atom stereocenters. The molecule has 1 saturated heterocycles. The minimum absolute atomic E-state index is 0.0589. The number of halogens is 2. The minimum atomic E-state index is -0.516. The van der Waals surface area contributed by atoms with Gasteiger partial charge in [0.05, 0.1) is 34.4 Å². The van der Waals surface area contributed by atoms with Gasteiger partial charge in [0.15, 0.2) is 0 Å². The van der Waals surface area contributed by atoms with Crippen molar-refractivity contribution in [1.82, 2.24) is 5.32 Å². The number of nitrogens with one attached hydrogen (secondary N) is 1. The number of hydrogen-bond donors (Lipinski definition) is 2. The van der Waals surface area contributed by atoms with Gasteiger partial charge in [0.1, 0.15) is 0 Å². The number of ether oxygens (including phenoxy) is 2. The highest BCUT2D eigenvalue weighted by Gasteiger charge is 2.34. The van der Waals surface area contributed by atoms with Crippen LogP contribution in [0.25, 0.3) is 0 Å². The summed E-state index contributed by atoms with van der Waals surface area (Å²) < 4.78 is 11.2. The number of thioether (sulfide) groups is 1.